The lowest BCUT2D eigenvalue weighted by Gasteiger charge is -2.26. The minimum Gasteiger partial charge on any atom is -0.492 e. The molecule has 2 amide bonds. The highest BCUT2D eigenvalue weighted by molar-refractivity contribution is 6.02. The van der Waals surface area contributed by atoms with Crippen molar-refractivity contribution in [2.45, 2.75) is 18.8 Å². The number of piperidine rings is 1. The third-order valence-corrected chi connectivity index (χ3v) is 5.31. The van der Waals surface area contributed by atoms with E-state index in [9.17, 15) is 9.59 Å². The number of carbonyl (C=O) groups is 2. The zero-order chi connectivity index (χ0) is 18.8. The lowest BCUT2D eigenvalue weighted by Crippen LogP contribution is -2.44. The molecule has 0 radical (unpaired) electrons. The molecule has 4 rings (SSSR count). The summed E-state index contributed by atoms with van der Waals surface area (Å²) < 4.78 is 7.71. The van der Waals surface area contributed by atoms with Gasteiger partial charge in [0.05, 0.1) is 17.1 Å². The van der Waals surface area contributed by atoms with Crippen LogP contribution in [0.4, 0.5) is 0 Å². The molecule has 0 bridgehead atoms. The van der Waals surface area contributed by atoms with Crippen LogP contribution in [0.2, 0.25) is 0 Å². The van der Waals surface area contributed by atoms with Crippen LogP contribution in [0.15, 0.2) is 18.2 Å². The van der Waals surface area contributed by atoms with E-state index in [2.05, 4.69) is 20.6 Å². The van der Waals surface area contributed by atoms with Crippen LogP contribution in [-0.2, 0) is 16.6 Å². The highest BCUT2D eigenvalue weighted by Crippen LogP contribution is 2.31. The van der Waals surface area contributed by atoms with Gasteiger partial charge in [0, 0.05) is 57.6 Å². The van der Waals surface area contributed by atoms with Crippen molar-refractivity contribution in [2.24, 2.45) is 7.05 Å². The molecular weight excluding hydrogens is 346 g/mol. The lowest BCUT2D eigenvalue weighted by molar-refractivity contribution is -0.134. The first kappa shape index (κ1) is 17.9. The number of carbonyl (C=O) groups excluding carboxylic acids is 2. The van der Waals surface area contributed by atoms with E-state index in [4.69, 9.17) is 4.74 Å². The van der Waals surface area contributed by atoms with E-state index >= 15 is 0 Å². The van der Waals surface area contributed by atoms with E-state index in [1.54, 1.807) is 4.68 Å². The Morgan fingerprint density at radius 2 is 2.07 bits per heavy atom. The van der Waals surface area contributed by atoms with E-state index in [0.29, 0.717) is 19.4 Å². The van der Waals surface area contributed by atoms with E-state index in [-0.39, 0.29) is 17.7 Å². The Morgan fingerprint density at radius 1 is 1.26 bits per heavy atom. The molecular formula is C19H25N5O3. The van der Waals surface area contributed by atoms with Gasteiger partial charge >= 0.3 is 0 Å². The van der Waals surface area contributed by atoms with Gasteiger partial charge in [0.15, 0.2) is 0 Å². The molecule has 0 spiro atoms. The van der Waals surface area contributed by atoms with Crippen LogP contribution in [0.3, 0.4) is 0 Å². The Labute approximate surface area is 157 Å². The molecule has 8 heteroatoms. The average Bonchev–Trinajstić information content (AvgIpc) is 2.99. The summed E-state index contributed by atoms with van der Waals surface area (Å²) in [7, 11) is 1.86. The number of hydrogen-bond acceptors (Lipinski definition) is 6. The number of hydrogen-bond donors (Lipinski definition) is 2. The summed E-state index contributed by atoms with van der Waals surface area (Å²) >= 11 is 0. The Kier molecular flexibility index (Phi) is 5.09. The zero-order valence-corrected chi connectivity index (χ0v) is 15.5. The van der Waals surface area contributed by atoms with Gasteiger partial charge in [-0.15, -0.1) is 0 Å². The number of aryl methyl sites for hydroxylation is 1. The van der Waals surface area contributed by atoms with Gasteiger partial charge in [0.1, 0.15) is 12.4 Å². The summed E-state index contributed by atoms with van der Waals surface area (Å²) in [5.41, 5.74) is 1.65. The predicted molar refractivity (Wildman–Crippen MR) is 101 cm³/mol. The molecule has 27 heavy (non-hydrogen) atoms. The first-order valence-corrected chi connectivity index (χ1v) is 9.48. The summed E-state index contributed by atoms with van der Waals surface area (Å²) in [6, 6.07) is 5.86. The van der Waals surface area contributed by atoms with Crippen molar-refractivity contribution in [1.82, 2.24) is 25.3 Å². The van der Waals surface area contributed by atoms with Gasteiger partial charge in [-0.3, -0.25) is 24.5 Å². The Bertz CT molecular complexity index is 856. The predicted octanol–water partition coefficient (Wildman–Crippen LogP) is 0.378. The van der Waals surface area contributed by atoms with E-state index < -0.39 is 0 Å². The maximum Gasteiger partial charge on any atom is 0.235 e. The molecule has 1 atom stereocenters. The fraction of sp³-hybridized carbons (Fsp3) is 0.526. The van der Waals surface area contributed by atoms with Crippen molar-refractivity contribution in [3.63, 3.8) is 0 Å². The molecule has 2 N–H and O–H groups in total. The number of piperazine rings is 1. The van der Waals surface area contributed by atoms with Crippen LogP contribution >= 0.6 is 0 Å². The average molecular weight is 371 g/mol. The smallest absolute Gasteiger partial charge is 0.235 e. The molecule has 0 saturated carbocycles. The fourth-order valence-corrected chi connectivity index (χ4v) is 3.79. The number of amides is 2. The minimum atomic E-state index is -0.383. The number of rotatable bonds is 5. The van der Waals surface area contributed by atoms with Crippen molar-refractivity contribution >= 4 is 22.7 Å². The Morgan fingerprint density at radius 3 is 2.85 bits per heavy atom. The summed E-state index contributed by atoms with van der Waals surface area (Å²) in [4.78, 5) is 26.0. The van der Waals surface area contributed by atoms with Gasteiger partial charge in [-0.25, -0.2) is 0 Å². The minimum absolute atomic E-state index is 0.211. The first-order chi connectivity index (χ1) is 13.1. The van der Waals surface area contributed by atoms with Gasteiger partial charge in [0.2, 0.25) is 11.8 Å². The highest BCUT2D eigenvalue weighted by Gasteiger charge is 2.31. The van der Waals surface area contributed by atoms with Crippen LogP contribution in [0.5, 0.6) is 5.75 Å². The molecule has 2 fully saturated rings. The molecule has 1 aromatic heterocycles. The SMILES string of the molecule is Cn1nc(C2CCC(=O)NC2=O)c2ccc(OCCN3CCNCC3)cc21. The third kappa shape index (κ3) is 3.81. The molecule has 3 heterocycles. The summed E-state index contributed by atoms with van der Waals surface area (Å²) in [5, 5.41) is 11.2. The monoisotopic (exact) mass is 371 g/mol. The van der Waals surface area contributed by atoms with Crippen LogP contribution in [0.1, 0.15) is 24.5 Å². The van der Waals surface area contributed by atoms with E-state index in [0.717, 1.165) is 55.1 Å². The number of nitrogens with zero attached hydrogens (tertiary/aromatic N) is 3. The Balaban J connectivity index is 1.47. The third-order valence-electron chi connectivity index (χ3n) is 5.31. The van der Waals surface area contributed by atoms with Gasteiger partial charge < -0.3 is 10.1 Å². The summed E-state index contributed by atoms with van der Waals surface area (Å²) in [5.74, 6) is -0.0550. The number of fused-ring (bicyclic) bond motifs is 1. The van der Waals surface area contributed by atoms with Gasteiger partial charge in [-0.2, -0.15) is 5.10 Å². The van der Waals surface area contributed by atoms with Crippen molar-refractivity contribution < 1.29 is 14.3 Å². The highest BCUT2D eigenvalue weighted by atomic mass is 16.5. The largest absolute Gasteiger partial charge is 0.492 e. The number of nitrogens with one attached hydrogen (secondary N) is 2. The number of imide groups is 1. The van der Waals surface area contributed by atoms with Gasteiger partial charge in [0.25, 0.3) is 0 Å². The van der Waals surface area contributed by atoms with E-state index in [1.165, 1.54) is 0 Å². The molecule has 2 aliphatic heterocycles. The second-order valence-corrected chi connectivity index (χ2v) is 7.13. The molecule has 2 aromatic rings. The fourth-order valence-electron chi connectivity index (χ4n) is 3.79. The molecule has 1 aromatic carbocycles. The quantitative estimate of drug-likeness (QED) is 0.739. The standard InChI is InChI=1S/C19H25N5O3/c1-23-16-12-13(27-11-10-24-8-6-20-7-9-24)2-3-14(16)18(22-23)15-4-5-17(25)21-19(15)26/h2-3,12,15,20H,4-11H2,1H3,(H,21,25,26). The molecule has 144 valence electrons. The lowest BCUT2D eigenvalue weighted by atomic mass is 9.93. The van der Waals surface area contributed by atoms with Crippen LogP contribution in [0.25, 0.3) is 10.9 Å². The van der Waals surface area contributed by atoms with Gasteiger partial charge in [-0.1, -0.05) is 0 Å². The van der Waals surface area contributed by atoms with Crippen molar-refractivity contribution in [1.29, 1.82) is 0 Å². The molecule has 8 nitrogen and oxygen atoms in total. The number of benzene rings is 1. The van der Waals surface area contributed by atoms with Crippen molar-refractivity contribution in [3.8, 4) is 5.75 Å². The number of aromatic nitrogens is 2. The van der Waals surface area contributed by atoms with Gasteiger partial charge in [-0.05, 0) is 18.6 Å². The second kappa shape index (κ2) is 7.66. The van der Waals surface area contributed by atoms with Crippen LogP contribution in [0, 0.1) is 0 Å². The Hall–Kier alpha value is -2.45. The summed E-state index contributed by atoms with van der Waals surface area (Å²) in [6.07, 6.45) is 0.849. The second-order valence-electron chi connectivity index (χ2n) is 7.13. The first-order valence-electron chi connectivity index (χ1n) is 9.48. The normalized spacial score (nSPS) is 21.4. The number of ether oxygens (including phenoxy) is 1. The van der Waals surface area contributed by atoms with E-state index in [1.807, 2.05) is 25.2 Å². The molecule has 0 aliphatic carbocycles. The van der Waals surface area contributed by atoms with Crippen molar-refractivity contribution in [2.75, 3.05) is 39.3 Å². The maximum absolute atomic E-state index is 12.2. The summed E-state index contributed by atoms with van der Waals surface area (Å²) in [6.45, 7) is 5.73. The van der Waals surface area contributed by atoms with Crippen LogP contribution in [-0.4, -0.2) is 65.8 Å². The van der Waals surface area contributed by atoms with Crippen molar-refractivity contribution in [3.05, 3.63) is 23.9 Å². The molecule has 2 aliphatic rings. The zero-order valence-electron chi connectivity index (χ0n) is 15.5. The molecule has 1 unspecified atom stereocenters. The van der Waals surface area contributed by atoms with Crippen LogP contribution < -0.4 is 15.4 Å². The topological polar surface area (TPSA) is 88.5 Å². The molecule has 2 saturated heterocycles. The maximum atomic E-state index is 12.2.